The monoisotopic (exact) mass is 291 g/mol. The van der Waals surface area contributed by atoms with E-state index in [1.165, 1.54) is 18.4 Å². The van der Waals surface area contributed by atoms with E-state index in [2.05, 4.69) is 18.7 Å². The minimum Gasteiger partial charge on any atom is -0.450 e. The van der Waals surface area contributed by atoms with Crippen molar-refractivity contribution in [2.75, 3.05) is 13.2 Å². The predicted molar refractivity (Wildman–Crippen MR) is 78.9 cm³/mol. The highest BCUT2D eigenvalue weighted by atomic mass is 16.6. The number of nitrogens with zero attached hydrogens (tertiary/aromatic N) is 1. The molecule has 0 unspecified atom stereocenters. The van der Waals surface area contributed by atoms with Crippen LogP contribution in [0.3, 0.4) is 0 Å². The summed E-state index contributed by atoms with van der Waals surface area (Å²) in [5, 5.41) is 0. The lowest BCUT2D eigenvalue weighted by Crippen LogP contribution is -2.48. The van der Waals surface area contributed by atoms with E-state index < -0.39 is 0 Å². The Hall–Kier alpha value is -0.870. The third-order valence-corrected chi connectivity index (χ3v) is 5.63. The lowest BCUT2D eigenvalue weighted by atomic mass is 9.76. The van der Waals surface area contributed by atoms with Crippen LogP contribution in [-0.2, 0) is 14.3 Å². The molecule has 4 heteroatoms. The first-order chi connectivity index (χ1) is 10.1. The molecule has 0 aromatic carbocycles. The van der Waals surface area contributed by atoms with Crippen molar-refractivity contribution in [3.05, 3.63) is 11.6 Å². The molecule has 21 heavy (non-hydrogen) atoms. The van der Waals surface area contributed by atoms with Crippen molar-refractivity contribution >= 4 is 5.97 Å². The summed E-state index contributed by atoms with van der Waals surface area (Å²) in [5.41, 5.74) is 0.895. The van der Waals surface area contributed by atoms with Crippen molar-refractivity contribution in [3.8, 4) is 0 Å². The zero-order valence-corrected chi connectivity index (χ0v) is 13.0. The Kier molecular flexibility index (Phi) is 3.16. The molecule has 0 amide bonds. The number of piperidine rings is 1. The lowest BCUT2D eigenvalue weighted by Gasteiger charge is -2.37. The Morgan fingerprint density at radius 3 is 3.14 bits per heavy atom. The Morgan fingerprint density at radius 2 is 2.33 bits per heavy atom. The van der Waals surface area contributed by atoms with Gasteiger partial charge in [0.05, 0.1) is 12.1 Å². The van der Waals surface area contributed by atoms with Crippen molar-refractivity contribution < 1.29 is 14.3 Å². The number of fused-ring (bicyclic) bond motifs is 3. The maximum absolute atomic E-state index is 11.9. The van der Waals surface area contributed by atoms with E-state index >= 15 is 0 Å². The van der Waals surface area contributed by atoms with Crippen LogP contribution in [0.25, 0.3) is 0 Å². The molecule has 0 N–H and O–H groups in total. The van der Waals surface area contributed by atoms with E-state index in [1.807, 2.05) is 0 Å². The minimum atomic E-state index is -0.306. The van der Waals surface area contributed by atoms with Gasteiger partial charge in [-0.15, -0.1) is 0 Å². The Bertz CT molecular complexity index is 486. The molecule has 116 valence electrons. The quantitative estimate of drug-likeness (QED) is 0.748. The Morgan fingerprint density at radius 1 is 1.48 bits per heavy atom. The second kappa shape index (κ2) is 4.82. The second-order valence-electron chi connectivity index (χ2n) is 7.47. The Labute approximate surface area is 126 Å². The van der Waals surface area contributed by atoms with E-state index in [4.69, 9.17) is 9.47 Å². The van der Waals surface area contributed by atoms with E-state index in [-0.39, 0.29) is 17.7 Å². The van der Waals surface area contributed by atoms with Crippen molar-refractivity contribution in [3.63, 3.8) is 0 Å². The van der Waals surface area contributed by atoms with Crippen molar-refractivity contribution in [2.24, 2.45) is 5.92 Å². The third-order valence-electron chi connectivity index (χ3n) is 5.63. The molecule has 1 saturated carbocycles. The molecule has 4 atom stereocenters. The minimum absolute atomic E-state index is 0.138. The van der Waals surface area contributed by atoms with Gasteiger partial charge in [0, 0.05) is 31.6 Å². The molecule has 2 saturated heterocycles. The number of hydrogen-bond acceptors (Lipinski definition) is 4. The number of carbonyl (C=O) groups excluding carboxylic acids is 1. The van der Waals surface area contributed by atoms with Crippen LogP contribution in [-0.4, -0.2) is 47.8 Å². The molecule has 3 aliphatic heterocycles. The van der Waals surface area contributed by atoms with Gasteiger partial charge in [-0.05, 0) is 30.9 Å². The van der Waals surface area contributed by atoms with Crippen molar-refractivity contribution in [1.29, 1.82) is 0 Å². The number of rotatable bonds is 3. The summed E-state index contributed by atoms with van der Waals surface area (Å²) in [6.45, 7) is 6.30. The normalized spacial score (nSPS) is 41.8. The van der Waals surface area contributed by atoms with Gasteiger partial charge in [0.1, 0.15) is 0 Å². The van der Waals surface area contributed by atoms with Gasteiger partial charge < -0.3 is 9.47 Å². The number of carbonyl (C=O) groups is 1. The smallest absolute Gasteiger partial charge is 0.331 e. The van der Waals surface area contributed by atoms with E-state index in [0.717, 1.165) is 32.4 Å². The van der Waals surface area contributed by atoms with Gasteiger partial charge >= 0.3 is 5.97 Å². The zero-order valence-electron chi connectivity index (χ0n) is 13.0. The first-order valence-electron chi connectivity index (χ1n) is 8.41. The van der Waals surface area contributed by atoms with Gasteiger partial charge in [-0.1, -0.05) is 20.3 Å². The average Bonchev–Trinajstić information content (AvgIpc) is 2.93. The summed E-state index contributed by atoms with van der Waals surface area (Å²) in [6.07, 6.45) is 7.45. The molecule has 4 rings (SSSR count). The predicted octanol–water partition coefficient (Wildman–Crippen LogP) is 2.28. The lowest BCUT2D eigenvalue weighted by molar-refractivity contribution is -0.149. The number of esters is 1. The molecule has 3 fully saturated rings. The summed E-state index contributed by atoms with van der Waals surface area (Å²) in [5.74, 6) is 0.409. The molecule has 4 nitrogen and oxygen atoms in total. The topological polar surface area (TPSA) is 38.8 Å². The summed E-state index contributed by atoms with van der Waals surface area (Å²) in [7, 11) is 0. The molecule has 0 aromatic rings. The van der Waals surface area contributed by atoms with Gasteiger partial charge in [-0.3, -0.25) is 4.90 Å². The van der Waals surface area contributed by atoms with Crippen LogP contribution >= 0.6 is 0 Å². The first kappa shape index (κ1) is 13.8. The summed E-state index contributed by atoms with van der Waals surface area (Å²) >= 11 is 0. The van der Waals surface area contributed by atoms with Gasteiger partial charge in [-0.25, -0.2) is 4.79 Å². The maximum Gasteiger partial charge on any atom is 0.331 e. The first-order valence-corrected chi connectivity index (χ1v) is 8.41. The van der Waals surface area contributed by atoms with Crippen LogP contribution in [0.15, 0.2) is 11.6 Å². The molecule has 0 aromatic heterocycles. The molecule has 0 radical (unpaired) electrons. The van der Waals surface area contributed by atoms with Crippen LogP contribution in [0.5, 0.6) is 0 Å². The molecular weight excluding hydrogens is 266 g/mol. The van der Waals surface area contributed by atoms with Crippen LogP contribution in [0.2, 0.25) is 0 Å². The summed E-state index contributed by atoms with van der Waals surface area (Å²) < 4.78 is 12.1. The average molecular weight is 291 g/mol. The summed E-state index contributed by atoms with van der Waals surface area (Å²) in [4.78, 5) is 14.5. The fraction of sp³-hybridized carbons (Fsp3) is 0.824. The van der Waals surface area contributed by atoms with E-state index in [1.54, 1.807) is 6.08 Å². The zero-order chi connectivity index (χ0) is 14.6. The van der Waals surface area contributed by atoms with Gasteiger partial charge in [0.15, 0.2) is 5.60 Å². The maximum atomic E-state index is 11.9. The molecule has 1 aliphatic carbocycles. The van der Waals surface area contributed by atoms with Crippen molar-refractivity contribution in [1.82, 2.24) is 4.90 Å². The molecule has 2 bridgehead atoms. The van der Waals surface area contributed by atoms with Crippen LogP contribution in [0.1, 0.15) is 46.0 Å². The highest BCUT2D eigenvalue weighted by Crippen LogP contribution is 2.54. The highest BCUT2D eigenvalue weighted by molar-refractivity contribution is 5.87. The molecular formula is C17H25NO3. The fourth-order valence-electron chi connectivity index (χ4n) is 4.82. The van der Waals surface area contributed by atoms with Gasteiger partial charge in [-0.2, -0.15) is 0 Å². The largest absolute Gasteiger partial charge is 0.450 e. The molecule has 4 aliphatic rings. The van der Waals surface area contributed by atoms with Crippen LogP contribution in [0.4, 0.5) is 0 Å². The standard InChI is InChI=1S/C17H25NO3/c1-11(2)10-20-14-7-12-8-16(19)21-17(12)9-13(14)18-6-4-3-5-15(17)18/h8,11,13-15H,3-7,9-10H2,1-2H3/t13-,14+,15+,17-/m0/s1. The van der Waals surface area contributed by atoms with Crippen LogP contribution in [0, 0.1) is 5.92 Å². The fourth-order valence-corrected chi connectivity index (χ4v) is 4.82. The van der Waals surface area contributed by atoms with Gasteiger partial charge in [0.2, 0.25) is 0 Å². The number of ether oxygens (including phenoxy) is 2. The second-order valence-corrected chi connectivity index (χ2v) is 7.47. The SMILES string of the molecule is CC(C)CO[C@@H]1CC2=CC(=O)O[C@@]23C[C@@H]1N1CCCC[C@@H]13. The molecule has 1 spiro atoms. The van der Waals surface area contributed by atoms with Crippen molar-refractivity contribution in [2.45, 2.75) is 69.7 Å². The van der Waals surface area contributed by atoms with Gasteiger partial charge in [0.25, 0.3) is 0 Å². The summed E-state index contributed by atoms with van der Waals surface area (Å²) in [6, 6.07) is 0.818. The highest BCUT2D eigenvalue weighted by Gasteiger charge is 2.64. The number of hydrogen-bond donors (Lipinski definition) is 0. The van der Waals surface area contributed by atoms with E-state index in [9.17, 15) is 4.79 Å². The molecule has 3 heterocycles. The van der Waals surface area contributed by atoms with Crippen LogP contribution < -0.4 is 0 Å². The van der Waals surface area contributed by atoms with E-state index in [0.29, 0.717) is 18.0 Å². The third kappa shape index (κ3) is 1.99. The Balaban J connectivity index is 1.64.